The maximum Gasteiger partial charge on any atom is 0.168 e. The molecule has 132 valence electrons. The van der Waals surface area contributed by atoms with Gasteiger partial charge in [0.1, 0.15) is 0 Å². The number of benzene rings is 1. The summed E-state index contributed by atoms with van der Waals surface area (Å²) in [5.74, 6) is 0.228. The number of ketones is 1. The summed E-state index contributed by atoms with van der Waals surface area (Å²) in [5, 5.41) is 0.678. The highest BCUT2D eigenvalue weighted by molar-refractivity contribution is 6.30. The van der Waals surface area contributed by atoms with Crippen LogP contribution in [-0.4, -0.2) is 37.6 Å². The molecule has 3 rings (SSSR count). The second-order valence-corrected chi connectivity index (χ2v) is 8.68. The van der Waals surface area contributed by atoms with Gasteiger partial charge < -0.3 is 9.64 Å². The van der Waals surface area contributed by atoms with Gasteiger partial charge >= 0.3 is 0 Å². The van der Waals surface area contributed by atoms with Gasteiger partial charge in [-0.1, -0.05) is 11.6 Å². The van der Waals surface area contributed by atoms with E-state index in [4.69, 9.17) is 16.3 Å². The first kappa shape index (κ1) is 17.9. The van der Waals surface area contributed by atoms with E-state index in [-0.39, 0.29) is 11.4 Å². The van der Waals surface area contributed by atoms with Gasteiger partial charge in [0.2, 0.25) is 0 Å². The van der Waals surface area contributed by atoms with E-state index >= 15 is 0 Å². The summed E-state index contributed by atoms with van der Waals surface area (Å²) in [4.78, 5) is 14.0. The molecule has 2 atom stereocenters. The molecule has 4 heteroatoms. The lowest BCUT2D eigenvalue weighted by atomic mass is 9.69. The molecule has 1 aromatic rings. The number of Topliss-reactive ketones (excluding diaryl/α,β-unsaturated/α-hetero) is 1. The third-order valence-electron chi connectivity index (χ3n) is 5.66. The van der Waals surface area contributed by atoms with Crippen molar-refractivity contribution < 1.29 is 14.4 Å². The van der Waals surface area contributed by atoms with Crippen LogP contribution in [0.2, 0.25) is 5.02 Å². The van der Waals surface area contributed by atoms with Crippen LogP contribution in [-0.2, 0) is 4.74 Å². The van der Waals surface area contributed by atoms with Crippen molar-refractivity contribution in [1.29, 1.82) is 0 Å². The molecule has 0 aliphatic carbocycles. The number of carbonyl (C=O) groups excluding carboxylic acids is 1. The summed E-state index contributed by atoms with van der Waals surface area (Å²) >= 11 is 5.90. The van der Waals surface area contributed by atoms with Gasteiger partial charge in [0.05, 0.1) is 31.7 Å². The van der Waals surface area contributed by atoms with Crippen molar-refractivity contribution in [2.24, 2.45) is 5.41 Å². The average Bonchev–Trinajstić information content (AvgIpc) is 2.52. The molecular weight excluding hydrogens is 322 g/mol. The van der Waals surface area contributed by atoms with Crippen LogP contribution in [0, 0.1) is 5.41 Å². The van der Waals surface area contributed by atoms with Gasteiger partial charge in [-0.2, -0.15) is 0 Å². The Morgan fingerprint density at radius 2 is 2.00 bits per heavy atom. The third-order valence-corrected chi connectivity index (χ3v) is 5.91. The molecule has 1 unspecified atom stereocenters. The monoisotopic (exact) mass is 350 g/mol. The first-order valence-electron chi connectivity index (χ1n) is 9.14. The normalized spacial score (nSPS) is 29.5. The molecule has 0 radical (unpaired) electrons. The second-order valence-electron chi connectivity index (χ2n) is 8.25. The van der Waals surface area contributed by atoms with Crippen LogP contribution in [0.25, 0.3) is 0 Å². The Hall–Kier alpha value is -0.900. The molecule has 1 spiro atoms. The maximum absolute atomic E-state index is 12.4. The predicted octanol–water partition coefficient (Wildman–Crippen LogP) is 3.17. The summed E-state index contributed by atoms with van der Waals surface area (Å²) in [7, 11) is 0. The van der Waals surface area contributed by atoms with Crippen molar-refractivity contribution >= 4 is 17.4 Å². The van der Waals surface area contributed by atoms with Crippen LogP contribution in [0.3, 0.4) is 0 Å². The molecule has 0 amide bonds. The number of hydrogen-bond donors (Lipinski definition) is 1. The molecule has 1 N–H and O–H groups in total. The summed E-state index contributed by atoms with van der Waals surface area (Å²) in [6.45, 7) is 8.62. The van der Waals surface area contributed by atoms with Crippen molar-refractivity contribution in [2.75, 3.05) is 26.2 Å². The van der Waals surface area contributed by atoms with Gasteiger partial charge in [-0.25, -0.2) is 0 Å². The summed E-state index contributed by atoms with van der Waals surface area (Å²) in [6, 6.07) is 7.25. The Morgan fingerprint density at radius 3 is 2.71 bits per heavy atom. The number of quaternary nitrogens is 1. The Balaban J connectivity index is 1.56. The number of carbonyl (C=O) groups is 1. The van der Waals surface area contributed by atoms with Gasteiger partial charge in [0.15, 0.2) is 5.78 Å². The largest absolute Gasteiger partial charge is 0.376 e. The van der Waals surface area contributed by atoms with Gasteiger partial charge in [-0.05, 0) is 63.8 Å². The zero-order chi connectivity index (χ0) is 17.2. The molecule has 0 bridgehead atoms. The zero-order valence-corrected chi connectivity index (χ0v) is 15.6. The van der Waals surface area contributed by atoms with Crippen molar-refractivity contribution in [3.63, 3.8) is 0 Å². The van der Waals surface area contributed by atoms with Crippen molar-refractivity contribution in [2.45, 2.75) is 51.6 Å². The predicted molar refractivity (Wildman–Crippen MR) is 96.9 cm³/mol. The standard InChI is InChI=1S/C20H28ClNO2/c1-19(2)14-20(10-13-24-19)9-3-11-22(15-20)12-8-18(23)16-4-6-17(21)7-5-16/h4-7H,3,8-15H2,1-2H3/p+1/t20-/m1/s1. The molecule has 0 saturated carbocycles. The van der Waals surface area contributed by atoms with Gasteiger partial charge in [-0.15, -0.1) is 0 Å². The minimum Gasteiger partial charge on any atom is -0.376 e. The highest BCUT2D eigenvalue weighted by Gasteiger charge is 2.45. The van der Waals surface area contributed by atoms with Crippen molar-refractivity contribution in [3.8, 4) is 0 Å². The van der Waals surface area contributed by atoms with Crippen molar-refractivity contribution in [3.05, 3.63) is 34.9 Å². The van der Waals surface area contributed by atoms with E-state index in [1.54, 1.807) is 17.0 Å². The van der Waals surface area contributed by atoms with E-state index in [1.165, 1.54) is 32.4 Å². The minimum absolute atomic E-state index is 0.000172. The topological polar surface area (TPSA) is 30.7 Å². The van der Waals surface area contributed by atoms with Gasteiger partial charge in [0, 0.05) is 22.6 Å². The molecular formula is C20H29ClNO2+. The number of piperidine rings is 1. The number of rotatable bonds is 4. The molecule has 2 fully saturated rings. The van der Waals surface area contributed by atoms with E-state index in [2.05, 4.69) is 13.8 Å². The highest BCUT2D eigenvalue weighted by Crippen LogP contribution is 2.42. The fourth-order valence-electron chi connectivity index (χ4n) is 4.65. The molecule has 24 heavy (non-hydrogen) atoms. The lowest BCUT2D eigenvalue weighted by Crippen LogP contribution is -3.14. The SMILES string of the molecule is CC1(C)C[C@@]2(CCC[NH+](CCC(=O)c3ccc(Cl)cc3)C2)CCO1. The zero-order valence-electron chi connectivity index (χ0n) is 14.9. The first-order chi connectivity index (χ1) is 11.4. The van der Waals surface area contributed by atoms with Crippen LogP contribution in [0.4, 0.5) is 0 Å². The fraction of sp³-hybridized carbons (Fsp3) is 0.650. The van der Waals surface area contributed by atoms with Crippen LogP contribution < -0.4 is 4.90 Å². The molecule has 2 saturated heterocycles. The third kappa shape index (κ3) is 4.38. The number of ether oxygens (including phenoxy) is 1. The number of nitrogens with one attached hydrogen (secondary N) is 1. The molecule has 2 heterocycles. The fourth-order valence-corrected chi connectivity index (χ4v) is 4.78. The van der Waals surface area contributed by atoms with Crippen LogP contribution in [0.1, 0.15) is 56.3 Å². The van der Waals surface area contributed by atoms with Crippen LogP contribution in [0.15, 0.2) is 24.3 Å². The number of halogens is 1. The molecule has 2 aliphatic heterocycles. The van der Waals surface area contributed by atoms with Gasteiger partial charge in [-0.3, -0.25) is 4.79 Å². The van der Waals surface area contributed by atoms with E-state index in [0.29, 0.717) is 16.9 Å². The minimum atomic E-state index is -0.000172. The van der Waals surface area contributed by atoms with Crippen LogP contribution >= 0.6 is 11.6 Å². The number of likely N-dealkylation sites (tertiary alicyclic amines) is 1. The quantitative estimate of drug-likeness (QED) is 0.845. The number of hydrogen-bond acceptors (Lipinski definition) is 2. The Kier molecular flexibility index (Phi) is 5.33. The second kappa shape index (κ2) is 7.15. The van der Waals surface area contributed by atoms with E-state index in [1.807, 2.05) is 12.1 Å². The highest BCUT2D eigenvalue weighted by atomic mass is 35.5. The van der Waals surface area contributed by atoms with Crippen molar-refractivity contribution in [1.82, 2.24) is 0 Å². The molecule has 3 nitrogen and oxygen atoms in total. The van der Waals surface area contributed by atoms with E-state index in [9.17, 15) is 4.79 Å². The Bertz CT molecular complexity index is 580. The summed E-state index contributed by atoms with van der Waals surface area (Å²) in [5.41, 5.74) is 1.19. The lowest BCUT2D eigenvalue weighted by molar-refractivity contribution is -0.912. The van der Waals surface area contributed by atoms with Crippen LogP contribution in [0.5, 0.6) is 0 Å². The molecule has 2 aliphatic rings. The summed E-state index contributed by atoms with van der Waals surface area (Å²) < 4.78 is 5.92. The van der Waals surface area contributed by atoms with E-state index < -0.39 is 0 Å². The smallest absolute Gasteiger partial charge is 0.168 e. The Morgan fingerprint density at radius 1 is 1.25 bits per heavy atom. The summed E-state index contributed by atoms with van der Waals surface area (Å²) in [6.07, 6.45) is 5.52. The molecule has 1 aromatic carbocycles. The average molecular weight is 351 g/mol. The maximum atomic E-state index is 12.4. The van der Waals surface area contributed by atoms with Gasteiger partial charge in [0.25, 0.3) is 0 Å². The lowest BCUT2D eigenvalue weighted by Gasteiger charge is -2.48. The Labute approximate surface area is 150 Å². The molecule has 0 aromatic heterocycles. The first-order valence-corrected chi connectivity index (χ1v) is 9.52. The van der Waals surface area contributed by atoms with E-state index in [0.717, 1.165) is 25.1 Å².